The van der Waals surface area contributed by atoms with Crippen molar-refractivity contribution >= 4 is 23.7 Å². The van der Waals surface area contributed by atoms with E-state index >= 15 is 0 Å². The Labute approximate surface area is 266 Å². The number of unbranched alkanes of at least 4 members (excludes halogenated alkanes) is 1. The summed E-state index contributed by atoms with van der Waals surface area (Å²) in [6.45, 7) is 15.9. The fraction of sp³-hybridized carbons (Fsp3) is 0.714. The standard InChI is InChI=1S/C35H59N3O6/c1-12-13-17-25(6)21-26(7)33(40)37(9)29(20-23(2)3)32(39)36-30(27(8)44-22-28-18-15-14-16-19-28)34(41)38(10)31(24(4)5)35(42)43-11/h14-16,18-19,23-27,29-31H,12-13,17,20-22H2,1-11H3,(H,36,39)/t25-,26-,27-,29+,30+,31+/m1/s1. The van der Waals surface area contributed by atoms with Crippen molar-refractivity contribution in [2.24, 2.45) is 23.7 Å². The Morgan fingerprint density at radius 1 is 0.864 bits per heavy atom. The van der Waals surface area contributed by atoms with E-state index < -0.39 is 42.0 Å². The van der Waals surface area contributed by atoms with Crippen LogP contribution in [0.1, 0.15) is 93.1 Å². The van der Waals surface area contributed by atoms with Gasteiger partial charge in [-0.05, 0) is 43.1 Å². The Kier molecular flexibility index (Phi) is 17.3. The number of esters is 1. The molecule has 0 radical (unpaired) electrons. The molecule has 0 aliphatic heterocycles. The van der Waals surface area contributed by atoms with Crippen LogP contribution >= 0.6 is 0 Å². The Morgan fingerprint density at radius 3 is 2.00 bits per heavy atom. The number of methoxy groups -OCH3 is 1. The highest BCUT2D eigenvalue weighted by Gasteiger charge is 2.39. The molecule has 0 saturated carbocycles. The summed E-state index contributed by atoms with van der Waals surface area (Å²) in [6, 6.07) is 6.83. The maximum Gasteiger partial charge on any atom is 0.328 e. The first-order valence-electron chi connectivity index (χ1n) is 16.2. The molecule has 0 unspecified atom stereocenters. The fourth-order valence-electron chi connectivity index (χ4n) is 5.65. The van der Waals surface area contributed by atoms with Crippen molar-refractivity contribution in [1.29, 1.82) is 0 Å². The molecule has 1 aromatic rings. The molecular weight excluding hydrogens is 558 g/mol. The molecule has 0 aliphatic rings. The highest BCUT2D eigenvalue weighted by molar-refractivity contribution is 5.94. The SMILES string of the molecule is CCCC[C@@H](C)C[C@@H](C)C(=O)N(C)[C@@H](CC(C)C)C(=O)N[C@H](C(=O)N(C)[C@H](C(=O)OC)C(C)C)[C@@H](C)OCc1ccccc1. The molecule has 1 rings (SSSR count). The molecule has 6 atom stereocenters. The molecule has 0 aliphatic carbocycles. The Balaban J connectivity index is 3.32. The highest BCUT2D eigenvalue weighted by atomic mass is 16.5. The molecule has 0 saturated heterocycles. The van der Waals surface area contributed by atoms with Crippen LogP contribution in [0.25, 0.3) is 0 Å². The van der Waals surface area contributed by atoms with Crippen LogP contribution in [0.2, 0.25) is 0 Å². The number of hydrogen-bond acceptors (Lipinski definition) is 6. The van der Waals surface area contributed by atoms with Crippen molar-refractivity contribution in [2.45, 2.75) is 118 Å². The van der Waals surface area contributed by atoms with Crippen LogP contribution in [-0.2, 0) is 35.3 Å². The number of hydrogen-bond donors (Lipinski definition) is 1. The molecule has 0 bridgehead atoms. The van der Waals surface area contributed by atoms with E-state index in [4.69, 9.17) is 9.47 Å². The van der Waals surface area contributed by atoms with Crippen molar-refractivity contribution in [3.05, 3.63) is 35.9 Å². The molecule has 250 valence electrons. The third-order valence-corrected chi connectivity index (χ3v) is 8.27. The van der Waals surface area contributed by atoms with Gasteiger partial charge in [-0.25, -0.2) is 4.79 Å². The number of rotatable bonds is 19. The number of nitrogens with one attached hydrogen (secondary N) is 1. The fourth-order valence-corrected chi connectivity index (χ4v) is 5.65. The summed E-state index contributed by atoms with van der Waals surface area (Å²) in [5.74, 6) is -1.47. The molecular formula is C35H59N3O6. The van der Waals surface area contributed by atoms with E-state index in [0.29, 0.717) is 12.3 Å². The minimum absolute atomic E-state index is 0.0897. The number of ether oxygens (including phenoxy) is 2. The minimum atomic E-state index is -1.10. The summed E-state index contributed by atoms with van der Waals surface area (Å²) >= 11 is 0. The lowest BCUT2D eigenvalue weighted by Gasteiger charge is -2.36. The van der Waals surface area contributed by atoms with E-state index in [-0.39, 0.29) is 30.3 Å². The lowest BCUT2D eigenvalue weighted by molar-refractivity contribution is -0.156. The average molecular weight is 618 g/mol. The molecule has 0 aromatic heterocycles. The van der Waals surface area contributed by atoms with Gasteiger partial charge in [-0.1, -0.05) is 98.1 Å². The maximum absolute atomic E-state index is 14.0. The van der Waals surface area contributed by atoms with Gasteiger partial charge in [0.15, 0.2) is 0 Å². The number of benzene rings is 1. The van der Waals surface area contributed by atoms with Gasteiger partial charge in [-0.3, -0.25) is 14.4 Å². The smallest absolute Gasteiger partial charge is 0.328 e. The predicted molar refractivity (Wildman–Crippen MR) is 175 cm³/mol. The van der Waals surface area contributed by atoms with Crippen LogP contribution in [0.15, 0.2) is 30.3 Å². The van der Waals surface area contributed by atoms with Crippen LogP contribution in [0.4, 0.5) is 0 Å². The monoisotopic (exact) mass is 617 g/mol. The van der Waals surface area contributed by atoms with Gasteiger partial charge in [0.25, 0.3) is 0 Å². The molecule has 9 nitrogen and oxygen atoms in total. The predicted octanol–water partition coefficient (Wildman–Crippen LogP) is 5.46. The lowest BCUT2D eigenvalue weighted by atomic mass is 9.91. The zero-order chi connectivity index (χ0) is 33.6. The summed E-state index contributed by atoms with van der Waals surface area (Å²) < 4.78 is 11.1. The van der Waals surface area contributed by atoms with Gasteiger partial charge < -0.3 is 24.6 Å². The van der Waals surface area contributed by atoms with Gasteiger partial charge >= 0.3 is 5.97 Å². The third-order valence-electron chi connectivity index (χ3n) is 8.27. The second kappa shape index (κ2) is 19.4. The number of carbonyl (C=O) groups is 4. The van der Waals surface area contributed by atoms with Gasteiger partial charge in [0.05, 0.1) is 19.8 Å². The molecule has 9 heteroatoms. The van der Waals surface area contributed by atoms with Crippen LogP contribution in [-0.4, -0.2) is 78.9 Å². The summed E-state index contributed by atoms with van der Waals surface area (Å²) in [5.41, 5.74) is 0.921. The number of nitrogens with zero attached hydrogens (tertiary/aromatic N) is 2. The normalized spacial score (nSPS) is 15.6. The first-order chi connectivity index (χ1) is 20.7. The Hall–Kier alpha value is -2.94. The number of carbonyl (C=O) groups excluding carboxylic acids is 4. The summed E-state index contributed by atoms with van der Waals surface area (Å²) in [5, 5.41) is 2.93. The summed E-state index contributed by atoms with van der Waals surface area (Å²) in [7, 11) is 4.50. The third kappa shape index (κ3) is 12.2. The minimum Gasteiger partial charge on any atom is -0.467 e. The molecule has 0 spiro atoms. The van der Waals surface area contributed by atoms with Gasteiger partial charge in [0, 0.05) is 20.0 Å². The highest BCUT2D eigenvalue weighted by Crippen LogP contribution is 2.22. The molecule has 3 amide bonds. The van der Waals surface area contributed by atoms with E-state index in [1.807, 2.05) is 65.0 Å². The maximum atomic E-state index is 14.0. The lowest BCUT2D eigenvalue weighted by Crippen LogP contribution is -2.60. The second-order valence-corrected chi connectivity index (χ2v) is 13.1. The zero-order valence-corrected chi connectivity index (χ0v) is 29.1. The van der Waals surface area contributed by atoms with E-state index in [9.17, 15) is 19.2 Å². The Bertz CT molecular complexity index is 1030. The van der Waals surface area contributed by atoms with Crippen LogP contribution in [0, 0.1) is 23.7 Å². The van der Waals surface area contributed by atoms with Gasteiger partial charge in [-0.2, -0.15) is 0 Å². The van der Waals surface area contributed by atoms with Gasteiger partial charge in [-0.15, -0.1) is 0 Å². The van der Waals surface area contributed by atoms with E-state index in [1.54, 1.807) is 18.9 Å². The molecule has 0 fully saturated rings. The van der Waals surface area contributed by atoms with Gasteiger partial charge in [0.1, 0.15) is 18.1 Å². The number of amides is 3. The summed E-state index contributed by atoms with van der Waals surface area (Å²) in [6.07, 6.45) is 3.74. The quantitative estimate of drug-likeness (QED) is 0.207. The largest absolute Gasteiger partial charge is 0.467 e. The van der Waals surface area contributed by atoms with Crippen LogP contribution < -0.4 is 5.32 Å². The number of likely N-dealkylation sites (N-methyl/N-ethyl adjacent to an activating group) is 2. The first-order valence-corrected chi connectivity index (χ1v) is 16.2. The second-order valence-electron chi connectivity index (χ2n) is 13.1. The van der Waals surface area contributed by atoms with Crippen molar-refractivity contribution in [3.8, 4) is 0 Å². The zero-order valence-electron chi connectivity index (χ0n) is 29.1. The van der Waals surface area contributed by atoms with Crippen molar-refractivity contribution < 1.29 is 28.7 Å². The van der Waals surface area contributed by atoms with Crippen molar-refractivity contribution in [1.82, 2.24) is 15.1 Å². The Morgan fingerprint density at radius 2 is 1.48 bits per heavy atom. The average Bonchev–Trinajstić information content (AvgIpc) is 2.98. The van der Waals surface area contributed by atoms with Gasteiger partial charge in [0.2, 0.25) is 17.7 Å². The molecule has 44 heavy (non-hydrogen) atoms. The summed E-state index contributed by atoms with van der Waals surface area (Å²) in [4.78, 5) is 57.1. The van der Waals surface area contributed by atoms with E-state index in [2.05, 4.69) is 19.2 Å². The van der Waals surface area contributed by atoms with Crippen molar-refractivity contribution in [3.63, 3.8) is 0 Å². The first kappa shape index (κ1) is 39.1. The molecule has 0 heterocycles. The molecule has 1 N–H and O–H groups in total. The van der Waals surface area contributed by atoms with Crippen LogP contribution in [0.3, 0.4) is 0 Å². The topological polar surface area (TPSA) is 105 Å². The van der Waals surface area contributed by atoms with Crippen LogP contribution in [0.5, 0.6) is 0 Å². The van der Waals surface area contributed by atoms with E-state index in [0.717, 1.165) is 31.2 Å². The van der Waals surface area contributed by atoms with Crippen molar-refractivity contribution in [2.75, 3.05) is 21.2 Å². The van der Waals surface area contributed by atoms with E-state index in [1.165, 1.54) is 19.1 Å². The molecule has 1 aromatic carbocycles.